The van der Waals surface area contributed by atoms with Crippen molar-refractivity contribution < 1.29 is 4.74 Å². The Morgan fingerprint density at radius 3 is 3.10 bits per heavy atom. The van der Waals surface area contributed by atoms with Gasteiger partial charge in [-0.15, -0.1) is 0 Å². The number of aryl methyl sites for hydroxylation is 1. The number of rotatable bonds is 5. The van der Waals surface area contributed by atoms with Crippen LogP contribution in [-0.4, -0.2) is 40.4 Å². The summed E-state index contributed by atoms with van der Waals surface area (Å²) in [6, 6.07) is 4.14. The molecule has 0 aromatic carbocycles. The minimum absolute atomic E-state index is 0.336. The molecule has 0 N–H and O–H groups in total. The van der Waals surface area contributed by atoms with Crippen LogP contribution in [0.1, 0.15) is 38.8 Å². The van der Waals surface area contributed by atoms with Crippen LogP contribution in [0, 0.1) is 0 Å². The highest BCUT2D eigenvalue weighted by molar-refractivity contribution is 5.51. The van der Waals surface area contributed by atoms with Gasteiger partial charge in [0.15, 0.2) is 5.65 Å². The molecule has 1 atom stereocenters. The predicted molar refractivity (Wildman–Crippen MR) is 83.8 cm³/mol. The number of ether oxygens (including phenoxy) is 1. The van der Waals surface area contributed by atoms with Crippen LogP contribution in [0.25, 0.3) is 5.65 Å². The Morgan fingerprint density at radius 2 is 2.29 bits per heavy atom. The first-order valence-electron chi connectivity index (χ1n) is 8.02. The van der Waals surface area contributed by atoms with Crippen molar-refractivity contribution in [2.75, 3.05) is 24.6 Å². The van der Waals surface area contributed by atoms with Crippen LogP contribution in [-0.2, 0) is 11.2 Å². The van der Waals surface area contributed by atoms with Crippen molar-refractivity contribution in [1.82, 2.24) is 14.6 Å². The summed E-state index contributed by atoms with van der Waals surface area (Å²) < 4.78 is 7.89. The van der Waals surface area contributed by atoms with Crippen molar-refractivity contribution >= 4 is 11.5 Å². The number of aromatic nitrogens is 3. The molecule has 1 saturated heterocycles. The fraction of sp³-hybridized carbons (Fsp3) is 0.625. The number of nitrogens with zero attached hydrogens (tertiary/aromatic N) is 4. The van der Waals surface area contributed by atoms with Gasteiger partial charge in [-0.05, 0) is 25.7 Å². The molecule has 3 rings (SSSR count). The number of hydrogen-bond acceptors (Lipinski definition) is 4. The van der Waals surface area contributed by atoms with Crippen molar-refractivity contribution in [1.29, 1.82) is 0 Å². The van der Waals surface area contributed by atoms with Crippen molar-refractivity contribution in [3.8, 4) is 0 Å². The Kier molecular flexibility index (Phi) is 4.39. The van der Waals surface area contributed by atoms with Gasteiger partial charge in [0.2, 0.25) is 0 Å². The van der Waals surface area contributed by atoms with Crippen molar-refractivity contribution in [2.45, 2.75) is 45.6 Å². The summed E-state index contributed by atoms with van der Waals surface area (Å²) in [5.41, 5.74) is 2.05. The molecular weight excluding hydrogens is 264 g/mol. The van der Waals surface area contributed by atoms with Gasteiger partial charge < -0.3 is 9.64 Å². The van der Waals surface area contributed by atoms with E-state index in [1.165, 1.54) is 6.42 Å². The average molecular weight is 288 g/mol. The standard InChI is InChI=1S/C16H24N4O/c1-3-10-21-14-6-5-9-19(12-14)16-11-13(4-2)18-15-7-8-17-20(15)16/h7-8,11,14H,3-6,9-10,12H2,1-2H3. The topological polar surface area (TPSA) is 42.7 Å². The molecule has 3 heterocycles. The van der Waals surface area contributed by atoms with Gasteiger partial charge in [0.1, 0.15) is 5.82 Å². The fourth-order valence-electron chi connectivity index (χ4n) is 2.92. The van der Waals surface area contributed by atoms with Crippen LogP contribution in [0.4, 0.5) is 5.82 Å². The lowest BCUT2D eigenvalue weighted by Gasteiger charge is -2.34. The molecule has 1 aliphatic heterocycles. The first-order chi connectivity index (χ1) is 10.3. The maximum Gasteiger partial charge on any atom is 0.157 e. The molecule has 1 aliphatic rings. The van der Waals surface area contributed by atoms with E-state index in [9.17, 15) is 0 Å². The van der Waals surface area contributed by atoms with E-state index in [0.717, 1.165) is 56.1 Å². The van der Waals surface area contributed by atoms with E-state index in [0.29, 0.717) is 6.10 Å². The van der Waals surface area contributed by atoms with Crippen LogP contribution in [0.15, 0.2) is 18.3 Å². The largest absolute Gasteiger partial charge is 0.376 e. The van der Waals surface area contributed by atoms with E-state index in [2.05, 4.69) is 34.9 Å². The zero-order valence-electron chi connectivity index (χ0n) is 13.0. The minimum Gasteiger partial charge on any atom is -0.376 e. The van der Waals surface area contributed by atoms with E-state index in [1.807, 2.05) is 16.8 Å². The van der Waals surface area contributed by atoms with Gasteiger partial charge in [0.25, 0.3) is 0 Å². The second-order valence-corrected chi connectivity index (χ2v) is 5.64. The zero-order chi connectivity index (χ0) is 14.7. The smallest absolute Gasteiger partial charge is 0.157 e. The van der Waals surface area contributed by atoms with Crippen LogP contribution >= 0.6 is 0 Å². The maximum atomic E-state index is 5.95. The molecule has 21 heavy (non-hydrogen) atoms. The van der Waals surface area contributed by atoms with Crippen LogP contribution in [0.5, 0.6) is 0 Å². The lowest BCUT2D eigenvalue weighted by atomic mass is 10.1. The summed E-state index contributed by atoms with van der Waals surface area (Å²) in [5.74, 6) is 1.15. The predicted octanol–water partition coefficient (Wildman–Crippen LogP) is 2.69. The maximum absolute atomic E-state index is 5.95. The Labute approximate surface area is 125 Å². The van der Waals surface area contributed by atoms with E-state index >= 15 is 0 Å². The lowest BCUT2D eigenvalue weighted by molar-refractivity contribution is 0.0438. The quantitative estimate of drug-likeness (QED) is 0.848. The second-order valence-electron chi connectivity index (χ2n) is 5.64. The molecule has 0 spiro atoms. The van der Waals surface area contributed by atoms with E-state index in [4.69, 9.17) is 4.74 Å². The second kappa shape index (κ2) is 6.43. The van der Waals surface area contributed by atoms with Gasteiger partial charge in [-0.2, -0.15) is 9.61 Å². The Hall–Kier alpha value is -1.62. The highest BCUT2D eigenvalue weighted by atomic mass is 16.5. The molecule has 5 heteroatoms. The molecule has 5 nitrogen and oxygen atoms in total. The summed E-state index contributed by atoms with van der Waals surface area (Å²) in [5, 5.41) is 4.43. The summed E-state index contributed by atoms with van der Waals surface area (Å²) in [4.78, 5) is 7.01. The molecule has 0 amide bonds. The molecule has 0 aliphatic carbocycles. The number of piperidine rings is 1. The summed E-state index contributed by atoms with van der Waals surface area (Å²) in [6.07, 6.45) is 6.50. The third kappa shape index (κ3) is 3.02. The van der Waals surface area contributed by atoms with Crippen LogP contribution < -0.4 is 4.90 Å². The fourth-order valence-corrected chi connectivity index (χ4v) is 2.92. The first kappa shape index (κ1) is 14.3. The molecule has 114 valence electrons. The van der Waals surface area contributed by atoms with Gasteiger partial charge in [-0.25, -0.2) is 4.98 Å². The Morgan fingerprint density at radius 1 is 1.38 bits per heavy atom. The lowest BCUT2D eigenvalue weighted by Crippen LogP contribution is -2.41. The van der Waals surface area contributed by atoms with Gasteiger partial charge in [0.05, 0.1) is 12.3 Å². The number of hydrogen-bond donors (Lipinski definition) is 0. The van der Waals surface area contributed by atoms with Gasteiger partial charge >= 0.3 is 0 Å². The monoisotopic (exact) mass is 288 g/mol. The summed E-state index contributed by atoms with van der Waals surface area (Å²) in [7, 11) is 0. The molecule has 1 fully saturated rings. The number of anilines is 1. The average Bonchev–Trinajstić information content (AvgIpc) is 3.00. The van der Waals surface area contributed by atoms with Crippen LogP contribution in [0.3, 0.4) is 0 Å². The molecule has 0 radical (unpaired) electrons. The molecule has 2 aromatic rings. The van der Waals surface area contributed by atoms with Gasteiger partial charge in [-0.1, -0.05) is 13.8 Å². The normalized spacial score (nSPS) is 19.3. The molecule has 0 saturated carbocycles. The van der Waals surface area contributed by atoms with Gasteiger partial charge in [0, 0.05) is 37.5 Å². The third-order valence-corrected chi connectivity index (χ3v) is 4.02. The van der Waals surface area contributed by atoms with Crippen LogP contribution in [0.2, 0.25) is 0 Å². The summed E-state index contributed by atoms with van der Waals surface area (Å²) >= 11 is 0. The van der Waals surface area contributed by atoms with E-state index in [1.54, 1.807) is 0 Å². The van der Waals surface area contributed by atoms with E-state index in [-0.39, 0.29) is 0 Å². The molecule has 1 unspecified atom stereocenters. The highest BCUT2D eigenvalue weighted by Crippen LogP contribution is 2.23. The van der Waals surface area contributed by atoms with Crippen molar-refractivity contribution in [3.63, 3.8) is 0 Å². The third-order valence-electron chi connectivity index (χ3n) is 4.02. The van der Waals surface area contributed by atoms with Crippen molar-refractivity contribution in [3.05, 3.63) is 24.0 Å². The Balaban J connectivity index is 1.86. The molecule has 0 bridgehead atoms. The number of fused-ring (bicyclic) bond motifs is 1. The molecule has 2 aromatic heterocycles. The van der Waals surface area contributed by atoms with Crippen molar-refractivity contribution in [2.24, 2.45) is 0 Å². The first-order valence-corrected chi connectivity index (χ1v) is 8.02. The zero-order valence-corrected chi connectivity index (χ0v) is 13.0. The van der Waals surface area contributed by atoms with Gasteiger partial charge in [-0.3, -0.25) is 0 Å². The minimum atomic E-state index is 0.336. The highest BCUT2D eigenvalue weighted by Gasteiger charge is 2.22. The summed E-state index contributed by atoms with van der Waals surface area (Å²) in [6.45, 7) is 7.16. The SMILES string of the molecule is CCCOC1CCCN(c2cc(CC)nc3ccnn23)C1. The van der Waals surface area contributed by atoms with E-state index < -0.39 is 0 Å². The Bertz CT molecular complexity index is 595. The molecular formula is C16H24N4O.